The number of allylic oxidation sites excluding steroid dienone is 1. The smallest absolute Gasteiger partial charge is 0.00617 e. The molecule has 0 heteroatoms. The molecule has 0 bridgehead atoms. The average molecular weight is 284 g/mol. The maximum Gasteiger partial charge on any atom is 0.00617 e. The summed E-state index contributed by atoms with van der Waals surface area (Å²) in [4.78, 5) is 0. The highest BCUT2D eigenvalue weighted by molar-refractivity contribution is 5.50. The third-order valence-corrected chi connectivity index (χ3v) is 3.85. The summed E-state index contributed by atoms with van der Waals surface area (Å²) in [6.07, 6.45) is 5.56. The first-order valence-electron chi connectivity index (χ1n) is 7.74. The zero-order valence-corrected chi connectivity index (χ0v) is 12.6. The quantitative estimate of drug-likeness (QED) is 0.561. The standard InChI is InChI=1S/C22H20/c1-4-10-19(11-5-1)16-17-22(21-14-8-3-9-15-21)18-20-12-6-2-7-13-20/h1-17,22H,18H2/b17-16+/t22-/m0/s1. The van der Waals surface area contributed by atoms with E-state index in [1.54, 1.807) is 0 Å². The van der Waals surface area contributed by atoms with E-state index in [1.165, 1.54) is 16.7 Å². The Morgan fingerprint density at radius 3 is 1.82 bits per heavy atom. The highest BCUT2D eigenvalue weighted by Crippen LogP contribution is 2.23. The minimum atomic E-state index is 0.392. The van der Waals surface area contributed by atoms with Crippen LogP contribution >= 0.6 is 0 Å². The van der Waals surface area contributed by atoms with E-state index in [2.05, 4.69) is 103 Å². The molecule has 3 aromatic rings. The fourth-order valence-corrected chi connectivity index (χ4v) is 2.66. The monoisotopic (exact) mass is 284 g/mol. The molecule has 0 spiro atoms. The Bertz CT molecular complexity index is 697. The lowest BCUT2D eigenvalue weighted by Crippen LogP contribution is -1.99. The van der Waals surface area contributed by atoms with Crippen LogP contribution in [0.4, 0.5) is 0 Å². The van der Waals surface area contributed by atoms with Crippen molar-refractivity contribution in [3.63, 3.8) is 0 Å². The van der Waals surface area contributed by atoms with Gasteiger partial charge in [0.15, 0.2) is 0 Å². The fraction of sp³-hybridized carbons (Fsp3) is 0.0909. The Kier molecular flexibility index (Phi) is 4.84. The summed E-state index contributed by atoms with van der Waals surface area (Å²) in [5.74, 6) is 0.392. The van der Waals surface area contributed by atoms with Gasteiger partial charge in [-0.1, -0.05) is 103 Å². The van der Waals surface area contributed by atoms with Crippen LogP contribution in [0.1, 0.15) is 22.6 Å². The van der Waals surface area contributed by atoms with E-state index in [9.17, 15) is 0 Å². The Hall–Kier alpha value is -2.60. The molecule has 0 fully saturated rings. The Balaban J connectivity index is 1.85. The van der Waals surface area contributed by atoms with Crippen molar-refractivity contribution in [3.8, 4) is 0 Å². The summed E-state index contributed by atoms with van der Waals surface area (Å²) >= 11 is 0. The number of hydrogen-bond donors (Lipinski definition) is 0. The van der Waals surface area contributed by atoms with Gasteiger partial charge in [-0.2, -0.15) is 0 Å². The zero-order chi connectivity index (χ0) is 15.0. The van der Waals surface area contributed by atoms with E-state index in [-0.39, 0.29) is 0 Å². The van der Waals surface area contributed by atoms with E-state index < -0.39 is 0 Å². The van der Waals surface area contributed by atoms with Crippen molar-refractivity contribution in [2.75, 3.05) is 0 Å². The van der Waals surface area contributed by atoms with Crippen LogP contribution in [-0.4, -0.2) is 0 Å². The molecule has 0 aliphatic carbocycles. The van der Waals surface area contributed by atoms with Gasteiger partial charge in [0, 0.05) is 5.92 Å². The molecular formula is C22H20. The summed E-state index contributed by atoms with van der Waals surface area (Å²) in [6, 6.07) is 31.9. The van der Waals surface area contributed by atoms with Crippen molar-refractivity contribution in [1.82, 2.24) is 0 Å². The summed E-state index contributed by atoms with van der Waals surface area (Å²) in [5.41, 5.74) is 3.98. The van der Waals surface area contributed by atoms with Crippen molar-refractivity contribution in [2.45, 2.75) is 12.3 Å². The highest BCUT2D eigenvalue weighted by atomic mass is 14.1. The predicted octanol–water partition coefficient (Wildman–Crippen LogP) is 5.73. The van der Waals surface area contributed by atoms with E-state index in [1.807, 2.05) is 0 Å². The summed E-state index contributed by atoms with van der Waals surface area (Å²) in [7, 11) is 0. The van der Waals surface area contributed by atoms with E-state index in [4.69, 9.17) is 0 Å². The first kappa shape index (κ1) is 14.3. The van der Waals surface area contributed by atoms with E-state index in [0.29, 0.717) is 5.92 Å². The van der Waals surface area contributed by atoms with Crippen molar-refractivity contribution >= 4 is 6.08 Å². The first-order chi connectivity index (χ1) is 10.9. The fourth-order valence-electron chi connectivity index (χ4n) is 2.66. The van der Waals surface area contributed by atoms with Gasteiger partial charge >= 0.3 is 0 Å². The van der Waals surface area contributed by atoms with Gasteiger partial charge < -0.3 is 0 Å². The molecule has 0 unspecified atom stereocenters. The molecule has 3 aromatic carbocycles. The molecule has 0 radical (unpaired) electrons. The van der Waals surface area contributed by atoms with Crippen LogP contribution in [0, 0.1) is 0 Å². The van der Waals surface area contributed by atoms with E-state index in [0.717, 1.165) is 6.42 Å². The lowest BCUT2D eigenvalue weighted by atomic mass is 9.91. The van der Waals surface area contributed by atoms with Gasteiger partial charge in [0.1, 0.15) is 0 Å². The Morgan fingerprint density at radius 1 is 0.636 bits per heavy atom. The van der Waals surface area contributed by atoms with Crippen LogP contribution in [0.25, 0.3) is 6.08 Å². The van der Waals surface area contributed by atoms with Crippen LogP contribution in [0.2, 0.25) is 0 Å². The number of hydrogen-bond acceptors (Lipinski definition) is 0. The predicted molar refractivity (Wildman–Crippen MR) is 94.8 cm³/mol. The van der Waals surface area contributed by atoms with E-state index >= 15 is 0 Å². The van der Waals surface area contributed by atoms with Crippen LogP contribution in [0.3, 0.4) is 0 Å². The van der Waals surface area contributed by atoms with Crippen molar-refractivity contribution in [3.05, 3.63) is 114 Å². The minimum absolute atomic E-state index is 0.392. The average Bonchev–Trinajstić information content (AvgIpc) is 2.61. The van der Waals surface area contributed by atoms with Crippen LogP contribution < -0.4 is 0 Å². The first-order valence-corrected chi connectivity index (χ1v) is 7.74. The zero-order valence-electron chi connectivity index (χ0n) is 12.6. The maximum absolute atomic E-state index is 2.32. The van der Waals surface area contributed by atoms with Crippen molar-refractivity contribution in [1.29, 1.82) is 0 Å². The van der Waals surface area contributed by atoms with Crippen molar-refractivity contribution in [2.24, 2.45) is 0 Å². The summed E-state index contributed by atoms with van der Waals surface area (Å²) < 4.78 is 0. The summed E-state index contributed by atoms with van der Waals surface area (Å²) in [6.45, 7) is 0. The lowest BCUT2D eigenvalue weighted by molar-refractivity contribution is 0.839. The highest BCUT2D eigenvalue weighted by Gasteiger charge is 2.08. The molecule has 0 aromatic heterocycles. The molecular weight excluding hydrogens is 264 g/mol. The molecule has 0 aliphatic heterocycles. The third kappa shape index (κ3) is 3.95. The van der Waals surface area contributed by atoms with Crippen LogP contribution in [0.15, 0.2) is 97.1 Å². The molecule has 0 saturated carbocycles. The molecule has 0 heterocycles. The molecule has 108 valence electrons. The number of rotatable bonds is 5. The van der Waals surface area contributed by atoms with Crippen LogP contribution in [0.5, 0.6) is 0 Å². The molecule has 22 heavy (non-hydrogen) atoms. The molecule has 3 rings (SSSR count). The molecule has 0 aliphatic rings. The second-order valence-corrected chi connectivity index (χ2v) is 5.48. The summed E-state index contributed by atoms with van der Waals surface area (Å²) in [5, 5.41) is 0. The minimum Gasteiger partial charge on any atom is -0.0761 e. The molecule has 0 amide bonds. The van der Waals surface area contributed by atoms with Gasteiger partial charge in [-0.25, -0.2) is 0 Å². The number of benzene rings is 3. The van der Waals surface area contributed by atoms with Gasteiger partial charge in [0.2, 0.25) is 0 Å². The second kappa shape index (κ2) is 7.42. The SMILES string of the molecule is C(=C\[C@@H](Cc1ccccc1)c1ccccc1)/c1ccccc1. The Labute approximate surface area is 132 Å². The van der Waals surface area contributed by atoms with Gasteiger partial charge in [0.05, 0.1) is 0 Å². The van der Waals surface area contributed by atoms with Gasteiger partial charge in [-0.3, -0.25) is 0 Å². The molecule has 0 N–H and O–H groups in total. The molecule has 0 nitrogen and oxygen atoms in total. The molecule has 1 atom stereocenters. The maximum atomic E-state index is 2.32. The van der Waals surface area contributed by atoms with Crippen molar-refractivity contribution < 1.29 is 0 Å². The second-order valence-electron chi connectivity index (χ2n) is 5.48. The lowest BCUT2D eigenvalue weighted by Gasteiger charge is -2.13. The largest absolute Gasteiger partial charge is 0.0761 e. The van der Waals surface area contributed by atoms with Gasteiger partial charge in [-0.15, -0.1) is 0 Å². The molecule has 0 saturated heterocycles. The van der Waals surface area contributed by atoms with Gasteiger partial charge in [0.25, 0.3) is 0 Å². The third-order valence-electron chi connectivity index (χ3n) is 3.85. The normalized spacial score (nSPS) is 12.4. The van der Waals surface area contributed by atoms with Gasteiger partial charge in [-0.05, 0) is 23.1 Å². The van der Waals surface area contributed by atoms with Crippen LogP contribution in [-0.2, 0) is 6.42 Å². The topological polar surface area (TPSA) is 0 Å². The Morgan fingerprint density at radius 2 is 1.18 bits per heavy atom.